The molecule has 0 saturated heterocycles. The first-order valence-corrected chi connectivity index (χ1v) is 12.1. The van der Waals surface area contributed by atoms with Gasteiger partial charge in [-0.15, -0.1) is 11.3 Å². The number of methoxy groups -OCH3 is 1. The number of nitrogens with zero attached hydrogens (tertiary/aromatic N) is 2. The lowest BCUT2D eigenvalue weighted by Crippen LogP contribution is -2.39. The number of hydrogen-bond donors (Lipinski definition) is 3. The smallest absolute Gasteiger partial charge is 0.251 e. The molecule has 0 radical (unpaired) electrons. The largest absolute Gasteiger partial charge is 0.504 e. The SMILES string of the molecule is COc1cccc(CN(Cc2ccccc2)C(=O)CNC(=O)c2ccc(-c3csc(N)n3)cc2)c1O. The van der Waals surface area contributed by atoms with Crippen molar-refractivity contribution >= 4 is 28.3 Å². The fourth-order valence-electron chi connectivity index (χ4n) is 3.68. The van der Waals surface area contributed by atoms with Gasteiger partial charge in [0.05, 0.1) is 19.3 Å². The minimum atomic E-state index is -0.364. The third-order valence-electron chi connectivity index (χ3n) is 5.60. The molecule has 0 unspecified atom stereocenters. The van der Waals surface area contributed by atoms with Crippen molar-refractivity contribution in [2.75, 3.05) is 19.4 Å². The van der Waals surface area contributed by atoms with Gasteiger partial charge in [-0.05, 0) is 23.8 Å². The monoisotopic (exact) mass is 502 g/mol. The van der Waals surface area contributed by atoms with E-state index in [4.69, 9.17) is 10.5 Å². The Labute approximate surface area is 213 Å². The summed E-state index contributed by atoms with van der Waals surface area (Å²) in [6.45, 7) is 0.274. The Morgan fingerprint density at radius 1 is 1.03 bits per heavy atom. The Bertz CT molecular complexity index is 1340. The highest BCUT2D eigenvalue weighted by Crippen LogP contribution is 2.30. The molecule has 4 N–H and O–H groups in total. The maximum Gasteiger partial charge on any atom is 0.251 e. The van der Waals surface area contributed by atoms with Gasteiger partial charge in [-0.3, -0.25) is 9.59 Å². The number of rotatable bonds is 9. The number of carbonyl (C=O) groups excluding carboxylic acids is 2. The van der Waals surface area contributed by atoms with E-state index in [1.165, 1.54) is 18.4 Å². The number of ether oxygens (including phenoxy) is 1. The first-order chi connectivity index (χ1) is 17.4. The number of benzene rings is 3. The number of amides is 2. The topological polar surface area (TPSA) is 118 Å². The van der Waals surface area contributed by atoms with Crippen molar-refractivity contribution in [1.82, 2.24) is 15.2 Å². The van der Waals surface area contributed by atoms with Crippen molar-refractivity contribution in [3.8, 4) is 22.8 Å². The summed E-state index contributed by atoms with van der Waals surface area (Å²) in [5.74, 6) is -0.339. The molecule has 0 aliphatic rings. The molecular formula is C27H26N4O4S. The first-order valence-electron chi connectivity index (χ1n) is 11.2. The molecule has 3 aromatic carbocycles. The Morgan fingerprint density at radius 3 is 2.44 bits per heavy atom. The molecule has 1 heterocycles. The number of aromatic hydroxyl groups is 1. The van der Waals surface area contributed by atoms with Crippen LogP contribution in [0.5, 0.6) is 11.5 Å². The fraction of sp³-hybridized carbons (Fsp3) is 0.148. The number of nitrogens with two attached hydrogens (primary N) is 1. The molecule has 8 nitrogen and oxygen atoms in total. The standard InChI is InChI=1S/C27H26N4O4S/c1-35-23-9-5-8-21(25(23)33)16-31(15-18-6-3-2-4-7-18)24(32)14-29-26(34)20-12-10-19(11-13-20)22-17-36-27(28)30-22/h2-13,17,33H,14-16H2,1H3,(H2,28,30)(H,29,34). The van der Waals surface area contributed by atoms with Gasteiger partial charge in [0.2, 0.25) is 5.91 Å². The quantitative estimate of drug-likeness (QED) is 0.318. The van der Waals surface area contributed by atoms with Gasteiger partial charge >= 0.3 is 0 Å². The molecule has 4 aromatic rings. The number of para-hydroxylation sites is 1. The summed E-state index contributed by atoms with van der Waals surface area (Å²) in [5, 5.41) is 15.5. The highest BCUT2D eigenvalue weighted by atomic mass is 32.1. The average molecular weight is 503 g/mol. The van der Waals surface area contributed by atoms with Crippen LogP contribution in [0.15, 0.2) is 78.2 Å². The van der Waals surface area contributed by atoms with Gasteiger partial charge in [-0.2, -0.15) is 0 Å². The molecule has 2 amide bonds. The van der Waals surface area contributed by atoms with Crippen LogP contribution in [0.25, 0.3) is 11.3 Å². The van der Waals surface area contributed by atoms with E-state index < -0.39 is 0 Å². The van der Waals surface area contributed by atoms with Crippen LogP contribution in [-0.4, -0.2) is 40.5 Å². The lowest BCUT2D eigenvalue weighted by molar-refractivity contribution is -0.131. The summed E-state index contributed by atoms with van der Waals surface area (Å²) in [5.41, 5.74) is 9.19. The number of nitrogens with one attached hydrogen (secondary N) is 1. The number of phenolic OH excluding ortho intramolecular Hbond substituents is 1. The number of thiazole rings is 1. The van der Waals surface area contributed by atoms with Gasteiger partial charge in [-0.1, -0.05) is 54.6 Å². The van der Waals surface area contributed by atoms with Crippen molar-refractivity contribution in [2.24, 2.45) is 0 Å². The molecule has 0 saturated carbocycles. The average Bonchev–Trinajstić information content (AvgIpc) is 3.34. The molecule has 0 fully saturated rings. The molecule has 0 spiro atoms. The lowest BCUT2D eigenvalue weighted by atomic mass is 10.1. The summed E-state index contributed by atoms with van der Waals surface area (Å²) in [4.78, 5) is 31.7. The van der Waals surface area contributed by atoms with E-state index in [1.807, 2.05) is 35.7 Å². The maximum absolute atomic E-state index is 13.2. The van der Waals surface area contributed by atoms with Gasteiger partial charge in [0.1, 0.15) is 0 Å². The van der Waals surface area contributed by atoms with Crippen LogP contribution in [-0.2, 0) is 17.9 Å². The minimum absolute atomic E-state index is 0.0168. The number of aromatic nitrogens is 1. The van der Waals surface area contributed by atoms with E-state index in [-0.39, 0.29) is 30.7 Å². The van der Waals surface area contributed by atoms with Crippen LogP contribution >= 0.6 is 11.3 Å². The van der Waals surface area contributed by atoms with Gasteiger partial charge in [0.15, 0.2) is 16.6 Å². The molecule has 1 aromatic heterocycles. The van der Waals surface area contributed by atoms with Crippen LogP contribution in [0, 0.1) is 0 Å². The number of phenols is 1. The number of carbonyl (C=O) groups is 2. The molecule has 4 rings (SSSR count). The Morgan fingerprint density at radius 2 is 1.78 bits per heavy atom. The third kappa shape index (κ3) is 6.00. The van der Waals surface area contributed by atoms with Crippen molar-refractivity contribution in [2.45, 2.75) is 13.1 Å². The Hall–Kier alpha value is -4.37. The molecule has 0 aliphatic heterocycles. The van der Waals surface area contributed by atoms with Crippen LogP contribution < -0.4 is 15.8 Å². The van der Waals surface area contributed by atoms with Crippen LogP contribution in [0.3, 0.4) is 0 Å². The van der Waals surface area contributed by atoms with Crippen LogP contribution in [0.2, 0.25) is 0 Å². The summed E-state index contributed by atoms with van der Waals surface area (Å²) in [7, 11) is 1.47. The maximum atomic E-state index is 13.2. The zero-order valence-electron chi connectivity index (χ0n) is 19.7. The van der Waals surface area contributed by atoms with E-state index in [2.05, 4.69) is 10.3 Å². The second kappa shape index (κ2) is 11.4. The van der Waals surface area contributed by atoms with Crippen molar-refractivity contribution < 1.29 is 19.4 Å². The summed E-state index contributed by atoms with van der Waals surface area (Å²) in [6, 6.07) is 21.6. The molecular weight excluding hydrogens is 476 g/mol. The van der Waals surface area contributed by atoms with Gasteiger partial charge in [-0.25, -0.2) is 4.98 Å². The highest BCUT2D eigenvalue weighted by Gasteiger charge is 2.19. The fourth-order valence-corrected chi connectivity index (χ4v) is 4.26. The molecule has 0 bridgehead atoms. The first kappa shape index (κ1) is 24.7. The Balaban J connectivity index is 1.44. The van der Waals surface area contributed by atoms with E-state index in [0.29, 0.717) is 28.6 Å². The number of anilines is 1. The number of nitrogen functional groups attached to an aromatic ring is 1. The molecule has 184 valence electrons. The highest BCUT2D eigenvalue weighted by molar-refractivity contribution is 7.13. The lowest BCUT2D eigenvalue weighted by Gasteiger charge is -2.24. The van der Waals surface area contributed by atoms with Crippen LogP contribution in [0.4, 0.5) is 5.13 Å². The zero-order valence-corrected chi connectivity index (χ0v) is 20.5. The second-order valence-corrected chi connectivity index (χ2v) is 8.92. The van der Waals surface area contributed by atoms with Crippen molar-refractivity contribution in [3.63, 3.8) is 0 Å². The summed E-state index contributed by atoms with van der Waals surface area (Å²) < 4.78 is 5.19. The molecule has 0 atom stereocenters. The van der Waals surface area contributed by atoms with Gasteiger partial charge in [0.25, 0.3) is 5.91 Å². The summed E-state index contributed by atoms with van der Waals surface area (Å²) in [6.07, 6.45) is 0. The molecule has 9 heteroatoms. The molecule has 36 heavy (non-hydrogen) atoms. The van der Waals surface area contributed by atoms with Crippen LogP contribution in [0.1, 0.15) is 21.5 Å². The summed E-state index contributed by atoms with van der Waals surface area (Å²) >= 11 is 1.35. The predicted octanol–water partition coefficient (Wildman–Crippen LogP) is 4.07. The number of hydrogen-bond acceptors (Lipinski definition) is 7. The third-order valence-corrected chi connectivity index (χ3v) is 6.27. The Kier molecular flexibility index (Phi) is 7.82. The van der Waals surface area contributed by atoms with Gasteiger partial charge < -0.3 is 25.8 Å². The predicted molar refractivity (Wildman–Crippen MR) is 140 cm³/mol. The van der Waals surface area contributed by atoms with E-state index in [0.717, 1.165) is 16.8 Å². The molecule has 0 aliphatic carbocycles. The van der Waals surface area contributed by atoms with E-state index in [9.17, 15) is 14.7 Å². The van der Waals surface area contributed by atoms with Crippen molar-refractivity contribution in [1.29, 1.82) is 0 Å². The normalized spacial score (nSPS) is 10.6. The zero-order chi connectivity index (χ0) is 25.5. The second-order valence-electron chi connectivity index (χ2n) is 8.03. The van der Waals surface area contributed by atoms with Crippen molar-refractivity contribution in [3.05, 3.63) is 94.9 Å². The minimum Gasteiger partial charge on any atom is -0.504 e. The van der Waals surface area contributed by atoms with E-state index >= 15 is 0 Å². The van der Waals surface area contributed by atoms with Gasteiger partial charge in [0, 0.05) is 35.2 Å². The van der Waals surface area contributed by atoms with E-state index in [1.54, 1.807) is 47.4 Å².